The summed E-state index contributed by atoms with van der Waals surface area (Å²) >= 11 is 0. The molecule has 12 rings (SSSR count). The highest BCUT2D eigenvalue weighted by Gasteiger charge is 2.22. The van der Waals surface area contributed by atoms with Gasteiger partial charge in [0.05, 0.1) is 5.56 Å². The van der Waals surface area contributed by atoms with E-state index in [1.54, 1.807) is 0 Å². The van der Waals surface area contributed by atoms with Crippen LogP contribution in [0.3, 0.4) is 0 Å². The fourth-order valence-corrected chi connectivity index (χ4v) is 8.58. The van der Waals surface area contributed by atoms with Crippen LogP contribution in [0.15, 0.2) is 215 Å². The van der Waals surface area contributed by atoms with Gasteiger partial charge in [-0.2, -0.15) is 0 Å². The molecular formula is C55H34N4O2. The molecule has 286 valence electrons. The zero-order valence-corrected chi connectivity index (χ0v) is 32.7. The van der Waals surface area contributed by atoms with Crippen LogP contribution in [0.2, 0.25) is 0 Å². The molecule has 0 aliphatic rings. The van der Waals surface area contributed by atoms with Crippen molar-refractivity contribution in [1.29, 1.82) is 0 Å². The maximum atomic E-state index is 6.92. The Morgan fingerprint density at radius 3 is 1.59 bits per heavy atom. The van der Waals surface area contributed by atoms with E-state index in [4.69, 9.17) is 23.8 Å². The molecule has 0 fully saturated rings. The summed E-state index contributed by atoms with van der Waals surface area (Å²) in [5.74, 6) is 1.74. The van der Waals surface area contributed by atoms with Gasteiger partial charge in [-0.05, 0) is 82.6 Å². The Balaban J connectivity index is 1.03. The summed E-state index contributed by atoms with van der Waals surface area (Å²) < 4.78 is 13.3. The largest absolute Gasteiger partial charge is 0.456 e. The Bertz CT molecular complexity index is 3520. The number of nitrogens with zero attached hydrogens (tertiary/aromatic N) is 4. The molecule has 0 aliphatic carbocycles. The summed E-state index contributed by atoms with van der Waals surface area (Å²) in [4.78, 5) is 17.4. The molecule has 6 heteroatoms. The normalized spacial score (nSPS) is 11.6. The summed E-state index contributed by atoms with van der Waals surface area (Å²) in [6.45, 7) is 0. The van der Waals surface area contributed by atoms with Crippen molar-refractivity contribution in [3.63, 3.8) is 0 Å². The molecule has 0 spiro atoms. The second-order valence-electron chi connectivity index (χ2n) is 15.2. The van der Waals surface area contributed by atoms with E-state index in [9.17, 15) is 0 Å². The molecule has 0 atom stereocenters. The number of hydrogen-bond acceptors (Lipinski definition) is 6. The Morgan fingerprint density at radius 1 is 0.328 bits per heavy atom. The van der Waals surface area contributed by atoms with Crippen LogP contribution in [0.4, 0.5) is 17.1 Å². The standard InChI is InChI=1S/C55H34N4O2/c1-4-14-36(15-5-1)53-56-54(37-16-6-2-7-17-37)58-55(57-53)46-31-30-43(51-47-32-38-18-10-11-19-39(38)33-49(47)61-52(46)51)35-24-26-41(27-25-35)59(40-20-8-3-9-21-40)42-28-29-45-44-22-12-13-23-48(44)60-50(45)34-42/h1-34H. The Morgan fingerprint density at radius 2 is 0.869 bits per heavy atom. The van der Waals surface area contributed by atoms with Gasteiger partial charge in [-0.25, -0.2) is 15.0 Å². The quantitative estimate of drug-likeness (QED) is 0.160. The Kier molecular flexibility index (Phi) is 8.06. The molecule has 0 amide bonds. The van der Waals surface area contributed by atoms with E-state index in [0.29, 0.717) is 17.5 Å². The lowest BCUT2D eigenvalue weighted by Crippen LogP contribution is -2.09. The van der Waals surface area contributed by atoms with Crippen molar-refractivity contribution in [2.24, 2.45) is 0 Å². The smallest absolute Gasteiger partial charge is 0.167 e. The fraction of sp³-hybridized carbons (Fsp3) is 0. The van der Waals surface area contributed by atoms with Crippen LogP contribution in [-0.2, 0) is 0 Å². The van der Waals surface area contributed by atoms with Gasteiger partial charge in [0, 0.05) is 55.8 Å². The highest BCUT2D eigenvalue weighted by atomic mass is 16.3. The molecule has 0 aliphatic heterocycles. The van der Waals surface area contributed by atoms with Crippen LogP contribution in [0.1, 0.15) is 0 Å². The molecule has 12 aromatic rings. The molecule has 0 saturated carbocycles. The zero-order valence-electron chi connectivity index (χ0n) is 32.7. The number of hydrogen-bond donors (Lipinski definition) is 0. The maximum absolute atomic E-state index is 6.92. The van der Waals surface area contributed by atoms with Crippen molar-refractivity contribution in [2.45, 2.75) is 0 Å². The third-order valence-corrected chi connectivity index (χ3v) is 11.5. The van der Waals surface area contributed by atoms with E-state index in [2.05, 4.69) is 132 Å². The number of benzene rings is 9. The van der Waals surface area contributed by atoms with Crippen molar-refractivity contribution in [3.05, 3.63) is 206 Å². The first-order chi connectivity index (χ1) is 30.2. The highest BCUT2D eigenvalue weighted by molar-refractivity contribution is 6.18. The van der Waals surface area contributed by atoms with Crippen LogP contribution < -0.4 is 4.90 Å². The predicted octanol–water partition coefficient (Wildman–Crippen LogP) is 15.0. The maximum Gasteiger partial charge on any atom is 0.167 e. The molecule has 0 bridgehead atoms. The topological polar surface area (TPSA) is 68.2 Å². The monoisotopic (exact) mass is 782 g/mol. The van der Waals surface area contributed by atoms with Gasteiger partial charge >= 0.3 is 0 Å². The van der Waals surface area contributed by atoms with E-state index in [1.165, 1.54) is 0 Å². The molecule has 0 unspecified atom stereocenters. The number of fused-ring (bicyclic) bond motifs is 7. The van der Waals surface area contributed by atoms with Crippen LogP contribution in [0.5, 0.6) is 0 Å². The third kappa shape index (κ3) is 6.00. The third-order valence-electron chi connectivity index (χ3n) is 11.5. The summed E-state index contributed by atoms with van der Waals surface area (Å²) in [7, 11) is 0. The second-order valence-corrected chi connectivity index (χ2v) is 15.2. The number of aromatic nitrogens is 3. The number of furan rings is 2. The first-order valence-corrected chi connectivity index (χ1v) is 20.3. The zero-order chi connectivity index (χ0) is 40.3. The van der Waals surface area contributed by atoms with Crippen LogP contribution in [-0.4, -0.2) is 15.0 Å². The van der Waals surface area contributed by atoms with Crippen molar-refractivity contribution in [2.75, 3.05) is 4.90 Å². The average Bonchev–Trinajstić information content (AvgIpc) is 3.89. The first-order valence-electron chi connectivity index (χ1n) is 20.3. The molecule has 61 heavy (non-hydrogen) atoms. The molecular weight excluding hydrogens is 749 g/mol. The van der Waals surface area contributed by atoms with Gasteiger partial charge in [0.1, 0.15) is 22.3 Å². The van der Waals surface area contributed by atoms with Crippen LogP contribution in [0.25, 0.3) is 99.9 Å². The molecule has 0 N–H and O–H groups in total. The van der Waals surface area contributed by atoms with Gasteiger partial charge in [0.25, 0.3) is 0 Å². The molecule has 0 radical (unpaired) electrons. The molecule has 3 aromatic heterocycles. The Labute approximate surface area is 350 Å². The molecule has 0 saturated heterocycles. The summed E-state index contributed by atoms with van der Waals surface area (Å²) in [6, 6.07) is 71.0. The van der Waals surface area contributed by atoms with Gasteiger partial charge < -0.3 is 13.7 Å². The number of rotatable bonds is 7. The Hall–Kier alpha value is -8.35. The average molecular weight is 783 g/mol. The molecule has 6 nitrogen and oxygen atoms in total. The van der Waals surface area contributed by atoms with E-state index < -0.39 is 0 Å². The van der Waals surface area contributed by atoms with E-state index >= 15 is 0 Å². The predicted molar refractivity (Wildman–Crippen MR) is 248 cm³/mol. The lowest BCUT2D eigenvalue weighted by Gasteiger charge is -2.25. The van der Waals surface area contributed by atoms with Crippen molar-refractivity contribution in [1.82, 2.24) is 15.0 Å². The van der Waals surface area contributed by atoms with Gasteiger partial charge in [-0.15, -0.1) is 0 Å². The number of anilines is 3. The van der Waals surface area contributed by atoms with Crippen molar-refractivity contribution < 1.29 is 8.83 Å². The minimum absolute atomic E-state index is 0.545. The van der Waals surface area contributed by atoms with Gasteiger partial charge in [0.15, 0.2) is 17.5 Å². The molecule has 9 aromatic carbocycles. The van der Waals surface area contributed by atoms with Crippen molar-refractivity contribution in [3.8, 4) is 45.3 Å². The fourth-order valence-electron chi connectivity index (χ4n) is 8.58. The summed E-state index contributed by atoms with van der Waals surface area (Å²) in [5, 5.41) is 6.49. The van der Waals surface area contributed by atoms with Crippen LogP contribution >= 0.6 is 0 Å². The van der Waals surface area contributed by atoms with Crippen LogP contribution in [0, 0.1) is 0 Å². The first kappa shape index (κ1) is 34.7. The van der Waals surface area contributed by atoms with Gasteiger partial charge in [-0.1, -0.05) is 140 Å². The SMILES string of the molecule is c1ccc(-c2nc(-c3ccccc3)nc(-c3ccc(-c4ccc(N(c5ccccc5)c5ccc6c(c5)oc5ccccc56)cc4)c4c3oc3cc5ccccc5cc34)n2)cc1. The minimum atomic E-state index is 0.545. The summed E-state index contributed by atoms with van der Waals surface area (Å²) in [5.41, 5.74) is 11.1. The lowest BCUT2D eigenvalue weighted by molar-refractivity contribution is 0.669. The van der Waals surface area contributed by atoms with E-state index in [-0.39, 0.29) is 0 Å². The van der Waals surface area contributed by atoms with Gasteiger partial charge in [0.2, 0.25) is 0 Å². The van der Waals surface area contributed by atoms with E-state index in [0.717, 1.165) is 99.5 Å². The minimum Gasteiger partial charge on any atom is -0.456 e. The highest BCUT2D eigenvalue weighted by Crippen LogP contribution is 2.44. The lowest BCUT2D eigenvalue weighted by atomic mass is 9.95. The molecule has 3 heterocycles. The number of para-hydroxylation sites is 2. The van der Waals surface area contributed by atoms with Gasteiger partial charge in [-0.3, -0.25) is 0 Å². The van der Waals surface area contributed by atoms with Crippen molar-refractivity contribution >= 4 is 71.7 Å². The van der Waals surface area contributed by atoms with E-state index in [1.807, 2.05) is 78.9 Å². The summed E-state index contributed by atoms with van der Waals surface area (Å²) in [6.07, 6.45) is 0. The second kappa shape index (κ2) is 14.2.